The average Bonchev–Trinajstić information content (AvgIpc) is 2.76. The van der Waals surface area contributed by atoms with Crippen molar-refractivity contribution in [3.8, 4) is 0 Å². The van der Waals surface area contributed by atoms with Crippen LogP contribution in [-0.4, -0.2) is 28.9 Å². The van der Waals surface area contributed by atoms with Gasteiger partial charge in [0.1, 0.15) is 6.61 Å². The Morgan fingerprint density at radius 1 is 1.00 bits per heavy atom. The van der Waals surface area contributed by atoms with Crippen molar-refractivity contribution in [3.05, 3.63) is 77.9 Å². The highest BCUT2D eigenvalue weighted by molar-refractivity contribution is 6.01. The molecule has 2 aromatic rings. The number of ether oxygens (including phenoxy) is 1. The van der Waals surface area contributed by atoms with Crippen LogP contribution in [0.4, 0.5) is 4.79 Å². The highest BCUT2D eigenvalue weighted by atomic mass is 16.6. The van der Waals surface area contributed by atoms with E-state index in [9.17, 15) is 9.59 Å². The summed E-state index contributed by atoms with van der Waals surface area (Å²) in [5.41, 5.74) is 2.61. The molecule has 4 heteroatoms. The number of nitrogens with zero attached hydrogens (tertiary/aromatic N) is 1. The SMILES string of the molecule is C=Cc1ccccc1C(=O)C1CC2CCCC(C1)N2C(=O)OCc1ccccc1. The Morgan fingerprint density at radius 3 is 2.34 bits per heavy atom. The first-order valence-corrected chi connectivity index (χ1v) is 10.4. The van der Waals surface area contributed by atoms with Crippen molar-refractivity contribution < 1.29 is 14.3 Å². The minimum Gasteiger partial charge on any atom is -0.445 e. The molecule has 0 saturated carbocycles. The van der Waals surface area contributed by atoms with Crippen molar-refractivity contribution in [1.82, 2.24) is 4.90 Å². The third-order valence-electron chi connectivity index (χ3n) is 6.21. The largest absolute Gasteiger partial charge is 0.445 e. The first-order valence-electron chi connectivity index (χ1n) is 10.4. The van der Waals surface area contributed by atoms with Crippen molar-refractivity contribution in [2.24, 2.45) is 5.92 Å². The summed E-state index contributed by atoms with van der Waals surface area (Å²) >= 11 is 0. The first-order chi connectivity index (χ1) is 14.2. The van der Waals surface area contributed by atoms with Gasteiger partial charge in [0.25, 0.3) is 0 Å². The van der Waals surface area contributed by atoms with Gasteiger partial charge in [-0.25, -0.2) is 4.79 Å². The average molecular weight is 389 g/mol. The van der Waals surface area contributed by atoms with Crippen LogP contribution in [-0.2, 0) is 11.3 Å². The Hall–Kier alpha value is -2.88. The van der Waals surface area contributed by atoms with E-state index in [1.165, 1.54) is 0 Å². The molecule has 2 heterocycles. The predicted octanol–water partition coefficient (Wildman–Crippen LogP) is 5.48. The lowest BCUT2D eigenvalue weighted by atomic mass is 9.75. The molecule has 0 N–H and O–H groups in total. The lowest BCUT2D eigenvalue weighted by molar-refractivity contribution is 0.00472. The number of rotatable bonds is 5. The number of hydrogen-bond acceptors (Lipinski definition) is 3. The van der Waals surface area contributed by atoms with Crippen LogP contribution in [0, 0.1) is 5.92 Å². The van der Waals surface area contributed by atoms with E-state index in [0.717, 1.165) is 36.0 Å². The second-order valence-electron chi connectivity index (χ2n) is 8.01. The fraction of sp³-hybridized carbons (Fsp3) is 0.360. The number of hydrogen-bond donors (Lipinski definition) is 0. The summed E-state index contributed by atoms with van der Waals surface area (Å²) in [5.74, 6) is 0.124. The molecule has 2 unspecified atom stereocenters. The number of fused-ring (bicyclic) bond motifs is 2. The monoisotopic (exact) mass is 389 g/mol. The van der Waals surface area contributed by atoms with Crippen molar-refractivity contribution in [2.75, 3.05) is 0 Å². The molecule has 2 atom stereocenters. The van der Waals surface area contributed by atoms with E-state index in [2.05, 4.69) is 6.58 Å². The van der Waals surface area contributed by atoms with Gasteiger partial charge in [-0.1, -0.05) is 67.3 Å². The first kappa shape index (κ1) is 19.4. The molecule has 2 saturated heterocycles. The quantitative estimate of drug-likeness (QED) is 0.636. The minimum absolute atomic E-state index is 0.0513. The van der Waals surface area contributed by atoms with Crippen LogP contribution in [0.15, 0.2) is 61.2 Å². The molecular formula is C25H27NO3. The Labute approximate surface area is 172 Å². The number of carbonyl (C=O) groups excluding carboxylic acids is 2. The Balaban J connectivity index is 1.45. The zero-order valence-corrected chi connectivity index (χ0v) is 16.6. The fourth-order valence-electron chi connectivity index (χ4n) is 4.81. The molecule has 2 aromatic carbocycles. The predicted molar refractivity (Wildman–Crippen MR) is 113 cm³/mol. The van der Waals surface area contributed by atoms with E-state index < -0.39 is 0 Å². The van der Waals surface area contributed by atoms with Crippen LogP contribution in [0.2, 0.25) is 0 Å². The Bertz CT molecular complexity index is 878. The number of carbonyl (C=O) groups is 2. The van der Waals surface area contributed by atoms with Crippen LogP contribution in [0.25, 0.3) is 6.08 Å². The molecule has 150 valence electrons. The van der Waals surface area contributed by atoms with Crippen LogP contribution >= 0.6 is 0 Å². The number of benzene rings is 2. The van der Waals surface area contributed by atoms with E-state index in [1.54, 1.807) is 6.08 Å². The lowest BCUT2D eigenvalue weighted by Gasteiger charge is -2.47. The summed E-state index contributed by atoms with van der Waals surface area (Å²) in [6, 6.07) is 17.5. The molecule has 2 fully saturated rings. The molecule has 0 aromatic heterocycles. The van der Waals surface area contributed by atoms with Crippen molar-refractivity contribution >= 4 is 18.0 Å². The van der Waals surface area contributed by atoms with Gasteiger partial charge in [-0.05, 0) is 43.2 Å². The molecule has 2 aliphatic rings. The fourth-order valence-corrected chi connectivity index (χ4v) is 4.81. The second-order valence-corrected chi connectivity index (χ2v) is 8.01. The van der Waals surface area contributed by atoms with Crippen LogP contribution in [0.5, 0.6) is 0 Å². The topological polar surface area (TPSA) is 46.6 Å². The van der Waals surface area contributed by atoms with Crippen LogP contribution < -0.4 is 0 Å². The molecule has 2 bridgehead atoms. The van der Waals surface area contributed by atoms with E-state index in [0.29, 0.717) is 12.8 Å². The number of Topliss-reactive ketones (excluding diaryl/α,β-unsaturated/α-hetero) is 1. The zero-order valence-electron chi connectivity index (χ0n) is 16.6. The van der Waals surface area contributed by atoms with Gasteiger partial charge in [-0.15, -0.1) is 0 Å². The molecule has 0 aliphatic carbocycles. The van der Waals surface area contributed by atoms with E-state index in [-0.39, 0.29) is 36.5 Å². The van der Waals surface area contributed by atoms with Gasteiger partial charge >= 0.3 is 6.09 Å². The van der Waals surface area contributed by atoms with Crippen LogP contribution in [0.1, 0.15) is 53.6 Å². The van der Waals surface area contributed by atoms with Crippen LogP contribution in [0.3, 0.4) is 0 Å². The highest BCUT2D eigenvalue weighted by Crippen LogP contribution is 2.39. The van der Waals surface area contributed by atoms with Gasteiger partial charge in [0.2, 0.25) is 0 Å². The molecular weight excluding hydrogens is 362 g/mol. The summed E-state index contributed by atoms with van der Waals surface area (Å²) in [6.07, 6.45) is 5.88. The number of piperidine rings is 2. The highest BCUT2D eigenvalue weighted by Gasteiger charge is 2.43. The zero-order chi connectivity index (χ0) is 20.2. The molecule has 1 amide bonds. The number of ketones is 1. The summed E-state index contributed by atoms with van der Waals surface area (Å²) in [6.45, 7) is 4.12. The van der Waals surface area contributed by atoms with E-state index in [1.807, 2.05) is 59.5 Å². The molecule has 4 nitrogen and oxygen atoms in total. The molecule has 0 spiro atoms. The maximum absolute atomic E-state index is 13.2. The lowest BCUT2D eigenvalue weighted by Crippen LogP contribution is -2.55. The Kier molecular flexibility index (Phi) is 5.79. The standard InChI is InChI=1S/C25H27NO3/c1-2-19-11-6-7-14-23(19)24(27)20-15-21-12-8-13-22(16-20)26(21)25(28)29-17-18-9-4-3-5-10-18/h2-7,9-11,14,20-22H,1,8,12-13,15-17H2. The van der Waals surface area contributed by atoms with Crippen molar-refractivity contribution in [1.29, 1.82) is 0 Å². The van der Waals surface area contributed by atoms with Gasteiger partial charge < -0.3 is 9.64 Å². The van der Waals surface area contributed by atoms with E-state index >= 15 is 0 Å². The summed E-state index contributed by atoms with van der Waals surface area (Å²) in [5, 5.41) is 0. The van der Waals surface area contributed by atoms with Gasteiger partial charge in [-0.2, -0.15) is 0 Å². The molecule has 4 rings (SSSR count). The third kappa shape index (κ3) is 4.12. The third-order valence-corrected chi connectivity index (χ3v) is 6.21. The molecule has 29 heavy (non-hydrogen) atoms. The van der Waals surface area contributed by atoms with Gasteiger partial charge in [-0.3, -0.25) is 4.79 Å². The maximum atomic E-state index is 13.2. The van der Waals surface area contributed by atoms with Crippen molar-refractivity contribution in [3.63, 3.8) is 0 Å². The maximum Gasteiger partial charge on any atom is 0.410 e. The van der Waals surface area contributed by atoms with E-state index in [4.69, 9.17) is 4.74 Å². The van der Waals surface area contributed by atoms with Gasteiger partial charge in [0.15, 0.2) is 5.78 Å². The Morgan fingerprint density at radius 2 is 1.66 bits per heavy atom. The summed E-state index contributed by atoms with van der Waals surface area (Å²) in [7, 11) is 0. The molecule has 2 aliphatic heterocycles. The summed E-state index contributed by atoms with van der Waals surface area (Å²) < 4.78 is 5.61. The number of amides is 1. The van der Waals surface area contributed by atoms with Gasteiger partial charge in [0, 0.05) is 23.6 Å². The van der Waals surface area contributed by atoms with Gasteiger partial charge in [0.05, 0.1) is 0 Å². The minimum atomic E-state index is -0.249. The van der Waals surface area contributed by atoms with Crippen molar-refractivity contribution in [2.45, 2.75) is 50.8 Å². The summed E-state index contributed by atoms with van der Waals surface area (Å²) in [4.78, 5) is 28.0. The molecule has 0 radical (unpaired) electrons. The second kappa shape index (κ2) is 8.64. The normalized spacial score (nSPS) is 23.3. The smallest absolute Gasteiger partial charge is 0.410 e.